The zero-order chi connectivity index (χ0) is 17.6. The van der Waals surface area contributed by atoms with Gasteiger partial charge in [-0.25, -0.2) is 0 Å². The van der Waals surface area contributed by atoms with E-state index < -0.39 is 0 Å². The van der Waals surface area contributed by atoms with Crippen LogP contribution in [0.25, 0.3) is 0 Å². The summed E-state index contributed by atoms with van der Waals surface area (Å²) in [5.74, 6) is 3.84. The zero-order valence-electron chi connectivity index (χ0n) is 17.0. The maximum atomic E-state index is 2.60. The molecular weight excluding hydrogens is 316 g/mol. The first-order valence-electron chi connectivity index (χ1n) is 11.5. The number of likely N-dealkylation sites (tertiary alicyclic amines) is 2. The summed E-state index contributed by atoms with van der Waals surface area (Å²) in [6.07, 6.45) is 18.9. The SMILES string of the molecule is C[N+]1(CC[N+]2(C)CC3CC=CC4CCC43C2)CC2CC=CC3CCC32C1. The van der Waals surface area contributed by atoms with Gasteiger partial charge in [0, 0.05) is 22.7 Å². The van der Waals surface area contributed by atoms with Crippen LogP contribution in [0.15, 0.2) is 24.3 Å². The number of likely N-dealkylation sites (N-methyl/N-ethyl adjacent to an activating group) is 2. The molecule has 0 aromatic carbocycles. The predicted octanol–water partition coefficient (Wildman–Crippen LogP) is 3.85. The van der Waals surface area contributed by atoms with Crippen molar-refractivity contribution < 1.29 is 8.97 Å². The van der Waals surface area contributed by atoms with Crippen LogP contribution in [0, 0.1) is 34.5 Å². The molecule has 2 heteroatoms. The Bertz CT molecular complexity index is 624. The molecule has 2 heterocycles. The zero-order valence-corrected chi connectivity index (χ0v) is 17.0. The van der Waals surface area contributed by atoms with Gasteiger partial charge in [0.2, 0.25) is 0 Å². The molecule has 2 nitrogen and oxygen atoms in total. The Kier molecular flexibility index (Phi) is 3.18. The van der Waals surface area contributed by atoms with Gasteiger partial charge in [0.25, 0.3) is 0 Å². The molecule has 0 radical (unpaired) electrons. The summed E-state index contributed by atoms with van der Waals surface area (Å²) in [6.45, 7) is 8.71. The summed E-state index contributed by atoms with van der Waals surface area (Å²) in [5.41, 5.74) is 1.42. The first-order valence-corrected chi connectivity index (χ1v) is 11.5. The molecule has 0 bridgehead atoms. The molecular formula is C24H38N2+2. The van der Waals surface area contributed by atoms with Crippen LogP contribution in [0.5, 0.6) is 0 Å². The second-order valence-corrected chi connectivity index (χ2v) is 11.8. The summed E-state index contributed by atoms with van der Waals surface area (Å²) in [7, 11) is 5.20. The van der Waals surface area contributed by atoms with Crippen molar-refractivity contribution in [2.24, 2.45) is 34.5 Å². The molecule has 4 fully saturated rings. The fraction of sp³-hybridized carbons (Fsp3) is 0.833. The predicted molar refractivity (Wildman–Crippen MR) is 106 cm³/mol. The Morgan fingerprint density at radius 1 is 0.769 bits per heavy atom. The molecule has 0 amide bonds. The van der Waals surface area contributed by atoms with Crippen molar-refractivity contribution in [1.29, 1.82) is 0 Å². The number of nitrogens with zero attached hydrogens (tertiary/aromatic N) is 2. The molecule has 0 N–H and O–H groups in total. The molecule has 8 atom stereocenters. The van der Waals surface area contributed by atoms with Gasteiger partial charge in [-0.05, 0) is 50.4 Å². The van der Waals surface area contributed by atoms with Crippen molar-refractivity contribution in [1.82, 2.24) is 0 Å². The van der Waals surface area contributed by atoms with Crippen molar-refractivity contribution in [3.8, 4) is 0 Å². The van der Waals surface area contributed by atoms with E-state index in [0.717, 1.165) is 23.7 Å². The van der Waals surface area contributed by atoms with Crippen LogP contribution in [0.4, 0.5) is 0 Å². The van der Waals surface area contributed by atoms with Crippen LogP contribution in [0.2, 0.25) is 0 Å². The van der Waals surface area contributed by atoms with Crippen molar-refractivity contribution in [3.63, 3.8) is 0 Å². The van der Waals surface area contributed by atoms with Crippen LogP contribution in [-0.4, -0.2) is 62.3 Å². The van der Waals surface area contributed by atoms with Crippen molar-refractivity contribution in [3.05, 3.63) is 24.3 Å². The van der Waals surface area contributed by atoms with Gasteiger partial charge in [-0.3, -0.25) is 0 Å². The summed E-state index contributed by atoms with van der Waals surface area (Å²) < 4.78 is 2.74. The van der Waals surface area contributed by atoms with Gasteiger partial charge < -0.3 is 8.97 Å². The molecule has 4 aliphatic carbocycles. The molecule has 2 saturated heterocycles. The summed E-state index contributed by atoms with van der Waals surface area (Å²) >= 11 is 0. The van der Waals surface area contributed by atoms with E-state index in [4.69, 9.17) is 0 Å². The number of hydrogen-bond acceptors (Lipinski definition) is 0. The van der Waals surface area contributed by atoms with Crippen molar-refractivity contribution in [2.75, 3.05) is 53.4 Å². The lowest BCUT2D eigenvalue weighted by Crippen LogP contribution is -2.55. The first-order chi connectivity index (χ1) is 12.5. The lowest BCUT2D eigenvalue weighted by molar-refractivity contribution is -0.957. The lowest BCUT2D eigenvalue weighted by atomic mass is 9.53. The van der Waals surface area contributed by atoms with E-state index in [0.29, 0.717) is 10.8 Å². The average molecular weight is 355 g/mol. The highest BCUT2D eigenvalue weighted by Gasteiger charge is 2.64. The van der Waals surface area contributed by atoms with Gasteiger partial charge in [-0.2, -0.15) is 0 Å². The Morgan fingerprint density at radius 2 is 1.23 bits per heavy atom. The highest BCUT2D eigenvalue weighted by molar-refractivity contribution is 5.16. The third-order valence-electron chi connectivity index (χ3n) is 10.4. The molecule has 6 rings (SSSR count). The quantitative estimate of drug-likeness (QED) is 0.533. The van der Waals surface area contributed by atoms with Gasteiger partial charge >= 0.3 is 0 Å². The van der Waals surface area contributed by atoms with E-state index in [2.05, 4.69) is 38.4 Å². The highest BCUT2D eigenvalue weighted by atomic mass is 15.4. The van der Waals surface area contributed by atoms with Crippen LogP contribution >= 0.6 is 0 Å². The lowest BCUT2D eigenvalue weighted by Gasteiger charge is -2.50. The Balaban J connectivity index is 1.16. The van der Waals surface area contributed by atoms with E-state index in [1.807, 2.05) is 0 Å². The highest BCUT2D eigenvalue weighted by Crippen LogP contribution is 2.62. The standard InChI is InChI=1S/C24H38N2/c1-25(15-21-7-3-5-19-9-11-23(19,21)17-25)13-14-26(2)16-22-8-4-6-20-10-12-24(20,22)18-26/h3-6,19-22H,7-18H2,1-2H3/q+2. The Morgan fingerprint density at radius 3 is 1.58 bits per heavy atom. The van der Waals surface area contributed by atoms with Gasteiger partial charge in [-0.1, -0.05) is 24.3 Å². The molecule has 0 aromatic rings. The molecule has 2 saturated carbocycles. The Hall–Kier alpha value is -0.600. The largest absolute Gasteiger partial charge is 0.321 e. The number of allylic oxidation sites excluding steroid dienone is 4. The van der Waals surface area contributed by atoms with Crippen LogP contribution < -0.4 is 0 Å². The van der Waals surface area contributed by atoms with Crippen LogP contribution in [-0.2, 0) is 0 Å². The topological polar surface area (TPSA) is 0 Å². The van der Waals surface area contributed by atoms with Crippen LogP contribution in [0.1, 0.15) is 38.5 Å². The smallest absolute Gasteiger partial charge is 0.128 e. The average Bonchev–Trinajstić information content (AvgIpc) is 3.07. The van der Waals surface area contributed by atoms with E-state index in [1.54, 1.807) is 0 Å². The normalized spacial score (nSPS) is 59.0. The molecule has 8 unspecified atom stereocenters. The van der Waals surface area contributed by atoms with E-state index >= 15 is 0 Å². The fourth-order valence-electron chi connectivity index (χ4n) is 8.84. The summed E-state index contributed by atoms with van der Waals surface area (Å²) in [4.78, 5) is 0. The fourth-order valence-corrected chi connectivity index (χ4v) is 8.84. The van der Waals surface area contributed by atoms with Gasteiger partial charge in [0.15, 0.2) is 0 Å². The van der Waals surface area contributed by atoms with Crippen molar-refractivity contribution in [2.45, 2.75) is 38.5 Å². The second-order valence-electron chi connectivity index (χ2n) is 11.8. The molecule has 2 aliphatic heterocycles. The molecule has 26 heavy (non-hydrogen) atoms. The molecule has 142 valence electrons. The molecule has 6 aliphatic rings. The summed E-state index contributed by atoms with van der Waals surface area (Å²) in [6, 6.07) is 0. The van der Waals surface area contributed by atoms with Crippen LogP contribution in [0.3, 0.4) is 0 Å². The maximum Gasteiger partial charge on any atom is 0.128 e. The number of rotatable bonds is 3. The van der Waals surface area contributed by atoms with E-state index in [-0.39, 0.29) is 0 Å². The minimum Gasteiger partial charge on any atom is -0.321 e. The summed E-state index contributed by atoms with van der Waals surface area (Å²) in [5, 5.41) is 0. The van der Waals surface area contributed by atoms with Gasteiger partial charge in [0.05, 0.1) is 40.3 Å². The monoisotopic (exact) mass is 354 g/mol. The second kappa shape index (κ2) is 5.06. The first kappa shape index (κ1) is 16.4. The van der Waals surface area contributed by atoms with E-state index in [1.165, 1.54) is 86.8 Å². The molecule has 0 aromatic heterocycles. The van der Waals surface area contributed by atoms with Gasteiger partial charge in [0.1, 0.15) is 13.1 Å². The number of quaternary nitrogens is 2. The molecule has 2 spiro atoms. The maximum absolute atomic E-state index is 2.60. The minimum atomic E-state index is 0.711. The van der Waals surface area contributed by atoms with Crippen molar-refractivity contribution >= 4 is 0 Å². The van der Waals surface area contributed by atoms with E-state index in [9.17, 15) is 0 Å². The minimum absolute atomic E-state index is 0.711. The third-order valence-corrected chi connectivity index (χ3v) is 10.4. The third kappa shape index (κ3) is 2.01. The Labute approximate surface area is 160 Å². The number of hydrogen-bond donors (Lipinski definition) is 0. The van der Waals surface area contributed by atoms with Gasteiger partial charge in [-0.15, -0.1) is 0 Å².